The van der Waals surface area contributed by atoms with Gasteiger partial charge in [0.15, 0.2) is 0 Å². The lowest BCUT2D eigenvalue weighted by atomic mass is 9.82. The molecule has 1 aliphatic heterocycles. The number of hydrogen-bond acceptors (Lipinski definition) is 4. The number of carbonyl (C=O) groups is 1. The Morgan fingerprint density at radius 2 is 1.88 bits per heavy atom. The molecule has 25 heavy (non-hydrogen) atoms. The number of likely N-dealkylation sites (tertiary alicyclic amines) is 1. The van der Waals surface area contributed by atoms with Crippen molar-refractivity contribution in [3.05, 3.63) is 0 Å². The minimum absolute atomic E-state index is 0.242. The molecule has 0 bridgehead atoms. The molecule has 146 valence electrons. The maximum atomic E-state index is 12.8. The number of amides is 1. The summed E-state index contributed by atoms with van der Waals surface area (Å²) < 4.78 is 24.8. The average molecular weight is 374 g/mol. The van der Waals surface area contributed by atoms with E-state index in [1.165, 1.54) is 19.1 Å². The van der Waals surface area contributed by atoms with Crippen molar-refractivity contribution < 1.29 is 13.2 Å². The monoisotopic (exact) mass is 373 g/mol. The molecule has 7 heteroatoms. The summed E-state index contributed by atoms with van der Waals surface area (Å²) >= 11 is 0. The molecule has 1 saturated carbocycles. The van der Waals surface area contributed by atoms with Crippen molar-refractivity contribution in [2.24, 2.45) is 17.8 Å². The molecule has 0 aromatic carbocycles. The summed E-state index contributed by atoms with van der Waals surface area (Å²) in [7, 11) is -1.10. The zero-order valence-corrected chi connectivity index (χ0v) is 16.9. The van der Waals surface area contributed by atoms with E-state index >= 15 is 0 Å². The van der Waals surface area contributed by atoms with E-state index in [2.05, 4.69) is 21.4 Å². The van der Waals surface area contributed by atoms with Crippen LogP contribution < -0.4 is 4.72 Å². The second-order valence-corrected chi connectivity index (χ2v) is 10.0. The van der Waals surface area contributed by atoms with Crippen molar-refractivity contribution >= 4 is 15.9 Å². The average Bonchev–Trinajstić information content (AvgIpc) is 2.54. The first-order valence-electron chi connectivity index (χ1n) is 9.66. The highest BCUT2D eigenvalue weighted by atomic mass is 32.2. The molecule has 2 fully saturated rings. The van der Waals surface area contributed by atoms with Crippen LogP contribution in [0.5, 0.6) is 0 Å². The first-order valence-corrected chi connectivity index (χ1v) is 11.6. The van der Waals surface area contributed by atoms with Gasteiger partial charge in [-0.2, -0.15) is 0 Å². The lowest BCUT2D eigenvalue weighted by molar-refractivity contribution is -0.138. The van der Waals surface area contributed by atoms with Crippen LogP contribution in [0.4, 0.5) is 0 Å². The fraction of sp³-hybridized carbons (Fsp3) is 0.944. The summed E-state index contributed by atoms with van der Waals surface area (Å²) in [5.41, 5.74) is 0. The number of rotatable bonds is 7. The van der Waals surface area contributed by atoms with E-state index < -0.39 is 10.0 Å². The number of piperidine rings is 1. The van der Waals surface area contributed by atoms with Crippen molar-refractivity contribution in [1.29, 1.82) is 0 Å². The summed E-state index contributed by atoms with van der Waals surface area (Å²) in [4.78, 5) is 17.1. The third-order valence-corrected chi connectivity index (χ3v) is 6.35. The second-order valence-electron chi connectivity index (χ2n) is 8.18. The quantitative estimate of drug-likeness (QED) is 0.735. The third-order valence-electron chi connectivity index (χ3n) is 5.62. The van der Waals surface area contributed by atoms with Crippen LogP contribution in [0.25, 0.3) is 0 Å². The SMILES string of the molecule is CC1CCC(C(=O)N2CCCC(CN(C)CCNS(C)(=O)=O)C2)CC1. The summed E-state index contributed by atoms with van der Waals surface area (Å²) in [6.45, 7) is 6.08. The predicted molar refractivity (Wildman–Crippen MR) is 101 cm³/mol. The highest BCUT2D eigenvalue weighted by Crippen LogP contribution is 2.30. The van der Waals surface area contributed by atoms with Gasteiger partial charge in [-0.1, -0.05) is 6.92 Å². The van der Waals surface area contributed by atoms with E-state index in [-0.39, 0.29) is 5.92 Å². The highest BCUT2D eigenvalue weighted by molar-refractivity contribution is 7.88. The molecule has 1 heterocycles. The van der Waals surface area contributed by atoms with Crippen molar-refractivity contribution in [2.45, 2.75) is 45.4 Å². The van der Waals surface area contributed by atoms with Crippen LogP contribution in [0, 0.1) is 17.8 Å². The van der Waals surface area contributed by atoms with Gasteiger partial charge in [-0.3, -0.25) is 4.79 Å². The Kier molecular flexibility index (Phi) is 7.70. The number of sulfonamides is 1. The highest BCUT2D eigenvalue weighted by Gasteiger charge is 2.31. The molecule has 0 spiro atoms. The van der Waals surface area contributed by atoms with Crippen LogP contribution in [0.1, 0.15) is 45.4 Å². The predicted octanol–water partition coefficient (Wildman–Crippen LogP) is 1.53. The molecular formula is C18H35N3O3S. The summed E-state index contributed by atoms with van der Waals surface area (Å²) in [6.07, 6.45) is 7.89. The molecule has 1 aliphatic carbocycles. The molecule has 1 saturated heterocycles. The Bertz CT molecular complexity index is 530. The Balaban J connectivity index is 1.75. The lowest BCUT2D eigenvalue weighted by Crippen LogP contribution is -2.46. The standard InChI is InChI=1S/C18H35N3O3S/c1-15-6-8-17(9-7-15)18(22)21-11-4-5-16(14-21)13-20(2)12-10-19-25(3,23)24/h15-17,19H,4-14H2,1-3H3. The fourth-order valence-corrected chi connectivity index (χ4v) is 4.60. The third kappa shape index (κ3) is 7.23. The van der Waals surface area contributed by atoms with Crippen molar-refractivity contribution in [3.63, 3.8) is 0 Å². The van der Waals surface area contributed by atoms with Gasteiger partial charge < -0.3 is 9.80 Å². The molecule has 0 aromatic rings. The van der Waals surface area contributed by atoms with Gasteiger partial charge in [-0.05, 0) is 57.4 Å². The largest absolute Gasteiger partial charge is 0.342 e. The van der Waals surface area contributed by atoms with Crippen LogP contribution in [0.2, 0.25) is 0 Å². The molecule has 6 nitrogen and oxygen atoms in total. The van der Waals surface area contributed by atoms with Gasteiger partial charge in [0.25, 0.3) is 0 Å². The van der Waals surface area contributed by atoms with E-state index in [0.717, 1.165) is 51.2 Å². The van der Waals surface area contributed by atoms with Gasteiger partial charge >= 0.3 is 0 Å². The topological polar surface area (TPSA) is 69.7 Å². The number of likely N-dealkylation sites (N-methyl/N-ethyl adjacent to an activating group) is 1. The van der Waals surface area contributed by atoms with E-state index in [1.54, 1.807) is 0 Å². The van der Waals surface area contributed by atoms with Crippen LogP contribution >= 0.6 is 0 Å². The van der Waals surface area contributed by atoms with E-state index in [9.17, 15) is 13.2 Å². The molecule has 2 aliphatic rings. The molecule has 1 unspecified atom stereocenters. The first kappa shape index (κ1) is 20.6. The van der Waals surface area contributed by atoms with Crippen molar-refractivity contribution in [1.82, 2.24) is 14.5 Å². The van der Waals surface area contributed by atoms with Crippen LogP contribution in [0.15, 0.2) is 0 Å². The molecular weight excluding hydrogens is 338 g/mol. The fourth-order valence-electron chi connectivity index (χ4n) is 4.13. The Hall–Kier alpha value is -0.660. The van der Waals surface area contributed by atoms with Gasteiger partial charge in [0.05, 0.1) is 6.26 Å². The zero-order valence-electron chi connectivity index (χ0n) is 16.0. The molecule has 0 aromatic heterocycles. The smallest absolute Gasteiger partial charge is 0.225 e. The van der Waals surface area contributed by atoms with Gasteiger partial charge in [0.2, 0.25) is 15.9 Å². The van der Waals surface area contributed by atoms with E-state index in [1.807, 2.05) is 7.05 Å². The maximum Gasteiger partial charge on any atom is 0.225 e. The van der Waals surface area contributed by atoms with Gasteiger partial charge in [-0.15, -0.1) is 0 Å². The zero-order chi connectivity index (χ0) is 18.4. The first-order chi connectivity index (χ1) is 11.7. The number of carbonyl (C=O) groups excluding carboxylic acids is 1. The number of nitrogens with zero attached hydrogens (tertiary/aromatic N) is 2. The van der Waals surface area contributed by atoms with Crippen molar-refractivity contribution in [2.75, 3.05) is 46.0 Å². The van der Waals surface area contributed by atoms with E-state index in [4.69, 9.17) is 0 Å². The van der Waals surface area contributed by atoms with Gasteiger partial charge in [0, 0.05) is 38.6 Å². The Morgan fingerprint density at radius 1 is 1.20 bits per heavy atom. The number of nitrogens with one attached hydrogen (secondary N) is 1. The van der Waals surface area contributed by atoms with Crippen LogP contribution in [-0.2, 0) is 14.8 Å². The van der Waals surface area contributed by atoms with Crippen LogP contribution in [0.3, 0.4) is 0 Å². The Labute approximate surface area is 153 Å². The second kappa shape index (κ2) is 9.33. The lowest BCUT2D eigenvalue weighted by Gasteiger charge is -2.37. The minimum Gasteiger partial charge on any atom is -0.342 e. The summed E-state index contributed by atoms with van der Waals surface area (Å²) in [6, 6.07) is 0. The molecule has 2 rings (SSSR count). The molecule has 0 radical (unpaired) electrons. The normalized spacial score (nSPS) is 28.3. The summed E-state index contributed by atoms with van der Waals surface area (Å²) in [5, 5.41) is 0. The molecule has 1 N–H and O–H groups in total. The minimum atomic E-state index is -3.12. The Morgan fingerprint density at radius 3 is 2.52 bits per heavy atom. The number of hydrogen-bond donors (Lipinski definition) is 1. The molecule has 1 atom stereocenters. The molecule has 1 amide bonds. The maximum absolute atomic E-state index is 12.8. The van der Waals surface area contributed by atoms with Crippen molar-refractivity contribution in [3.8, 4) is 0 Å². The van der Waals surface area contributed by atoms with Gasteiger partial charge in [0.1, 0.15) is 0 Å². The van der Waals surface area contributed by atoms with Gasteiger partial charge in [-0.25, -0.2) is 13.1 Å². The van der Waals surface area contributed by atoms with Crippen LogP contribution in [-0.4, -0.2) is 70.2 Å². The van der Waals surface area contributed by atoms with E-state index in [0.29, 0.717) is 24.9 Å². The summed E-state index contributed by atoms with van der Waals surface area (Å²) in [5.74, 6) is 1.88.